The van der Waals surface area contributed by atoms with Crippen molar-refractivity contribution < 1.29 is 23.1 Å². The predicted molar refractivity (Wildman–Crippen MR) is 183 cm³/mol. The van der Waals surface area contributed by atoms with Gasteiger partial charge in [0.1, 0.15) is 12.5 Å². The lowest BCUT2D eigenvalue weighted by Crippen LogP contribution is -2.56. The van der Waals surface area contributed by atoms with Gasteiger partial charge < -0.3 is 24.3 Å². The average molecular weight is 664 g/mol. The van der Waals surface area contributed by atoms with Gasteiger partial charge in [0.25, 0.3) is 5.91 Å². The molecule has 0 unspecified atom stereocenters. The Kier molecular flexibility index (Phi) is 11.7. The van der Waals surface area contributed by atoms with Crippen LogP contribution < -0.4 is 4.90 Å². The first kappa shape index (κ1) is 35.7. The zero-order valence-electron chi connectivity index (χ0n) is 29.0. The van der Waals surface area contributed by atoms with Gasteiger partial charge in [-0.05, 0) is 99.5 Å². The Morgan fingerprint density at radius 1 is 1.06 bits per heavy atom. The molecule has 3 atom stereocenters. The molecule has 0 spiro atoms. The quantitative estimate of drug-likeness (QED) is 0.267. The molecule has 3 aliphatic rings. The van der Waals surface area contributed by atoms with Gasteiger partial charge >= 0.3 is 5.97 Å². The zero-order chi connectivity index (χ0) is 34.4. The summed E-state index contributed by atoms with van der Waals surface area (Å²) in [6.45, 7) is 5.10. The number of carbonyl (C=O) groups is 2. The molecule has 2 aromatic carbocycles. The van der Waals surface area contributed by atoms with Crippen molar-refractivity contribution in [1.82, 2.24) is 14.7 Å². The molecule has 2 aromatic rings. The van der Waals surface area contributed by atoms with Crippen molar-refractivity contribution in [2.24, 2.45) is 23.7 Å². The number of carbonyl (C=O) groups excluding carboxylic acids is 2. The van der Waals surface area contributed by atoms with Gasteiger partial charge in [-0.1, -0.05) is 18.6 Å². The summed E-state index contributed by atoms with van der Waals surface area (Å²) in [5, 5.41) is 9.51. The highest BCUT2D eigenvalue weighted by molar-refractivity contribution is 5.97. The minimum Gasteiger partial charge on any atom is -0.469 e. The van der Waals surface area contributed by atoms with Crippen LogP contribution >= 0.6 is 0 Å². The van der Waals surface area contributed by atoms with E-state index >= 15 is 0 Å². The maximum atomic E-state index is 14.9. The Balaban J connectivity index is 1.31. The highest BCUT2D eigenvalue weighted by atomic mass is 19.1. The lowest BCUT2D eigenvalue weighted by Gasteiger charge is -2.52. The van der Waals surface area contributed by atoms with Crippen molar-refractivity contribution in [3.8, 4) is 6.07 Å². The molecule has 2 saturated heterocycles. The minimum atomic E-state index is -0.446. The summed E-state index contributed by atoms with van der Waals surface area (Å²) in [6.07, 6.45) is 5.15. The standard InChI is InChI=1S/C38H51F2N5O3/c1-42(2)37(47)34-21-33(12-11-29(34)22-41)45-24-27(25-45)23-44-16-13-30(14-17-44)38(26-43(3)18-15-39,31-8-6-9-32(40)20-31)35-10-5-7-28(35)19-36(46)48-4/h6,8-9,11-12,20-21,27-28,30,35H,5,7,10,13-19,23-26H2,1-4H3/t28-,35+,38+/m1/s1. The van der Waals surface area contributed by atoms with Gasteiger partial charge in [0, 0.05) is 70.3 Å². The van der Waals surface area contributed by atoms with E-state index in [9.17, 15) is 23.6 Å². The van der Waals surface area contributed by atoms with Crippen molar-refractivity contribution in [2.75, 3.05) is 85.6 Å². The maximum absolute atomic E-state index is 14.9. The molecule has 2 aliphatic heterocycles. The molecule has 1 saturated carbocycles. The second-order valence-corrected chi connectivity index (χ2v) is 14.4. The van der Waals surface area contributed by atoms with Crippen LogP contribution in [0, 0.1) is 40.8 Å². The number of likely N-dealkylation sites (tertiary alicyclic amines) is 1. The second kappa shape index (κ2) is 15.8. The van der Waals surface area contributed by atoms with Crippen LogP contribution in [0.5, 0.6) is 0 Å². The molecule has 1 aliphatic carbocycles. The van der Waals surface area contributed by atoms with Gasteiger partial charge in [-0.25, -0.2) is 8.78 Å². The first-order valence-corrected chi connectivity index (χ1v) is 17.4. The van der Waals surface area contributed by atoms with Crippen molar-refractivity contribution in [3.05, 3.63) is 65.0 Å². The summed E-state index contributed by atoms with van der Waals surface area (Å²) in [7, 11) is 6.78. The van der Waals surface area contributed by atoms with Gasteiger partial charge in [0.15, 0.2) is 0 Å². The SMILES string of the molecule is COC(=O)C[C@H]1CCC[C@@H]1[C@](CN(C)CCF)(c1cccc(F)c1)C1CCN(CC2CN(c3ccc(C#N)c(C(=O)N(C)C)c3)C2)CC1. The summed E-state index contributed by atoms with van der Waals surface area (Å²) in [6, 6.07) is 14.7. The molecule has 3 fully saturated rings. The number of hydrogen-bond donors (Lipinski definition) is 0. The van der Waals surface area contributed by atoms with E-state index in [-0.39, 0.29) is 35.4 Å². The van der Waals surface area contributed by atoms with Crippen molar-refractivity contribution in [2.45, 2.75) is 43.9 Å². The van der Waals surface area contributed by atoms with Crippen LogP contribution in [0.25, 0.3) is 0 Å². The summed E-state index contributed by atoms with van der Waals surface area (Å²) < 4.78 is 33.7. The number of methoxy groups -OCH3 is 1. The van der Waals surface area contributed by atoms with Crippen LogP contribution in [0.2, 0.25) is 0 Å². The molecule has 2 heterocycles. The normalized spacial score (nSPS) is 21.8. The summed E-state index contributed by atoms with van der Waals surface area (Å²) >= 11 is 0. The van der Waals surface area contributed by atoms with E-state index in [1.165, 1.54) is 18.1 Å². The minimum absolute atomic E-state index is 0.134. The number of nitrogens with zero attached hydrogens (tertiary/aromatic N) is 5. The fraction of sp³-hybridized carbons (Fsp3) is 0.605. The molecule has 5 rings (SSSR count). The number of esters is 1. The number of hydrogen-bond acceptors (Lipinski definition) is 7. The van der Waals surface area contributed by atoms with Crippen molar-refractivity contribution in [3.63, 3.8) is 0 Å². The summed E-state index contributed by atoms with van der Waals surface area (Å²) in [5.41, 5.74) is 2.33. The Bertz CT molecular complexity index is 1470. The molecule has 10 heteroatoms. The lowest BCUT2D eigenvalue weighted by atomic mass is 9.56. The van der Waals surface area contributed by atoms with Crippen LogP contribution in [0.4, 0.5) is 14.5 Å². The van der Waals surface area contributed by atoms with E-state index < -0.39 is 12.1 Å². The molecule has 0 radical (unpaired) electrons. The third-order valence-electron chi connectivity index (χ3n) is 11.3. The van der Waals surface area contributed by atoms with E-state index in [4.69, 9.17) is 4.74 Å². The van der Waals surface area contributed by atoms with E-state index in [1.807, 2.05) is 19.2 Å². The molecule has 1 amide bonds. The van der Waals surface area contributed by atoms with Gasteiger partial charge in [0.05, 0.1) is 24.3 Å². The number of piperidine rings is 1. The van der Waals surface area contributed by atoms with Gasteiger partial charge in [0.2, 0.25) is 0 Å². The summed E-state index contributed by atoms with van der Waals surface area (Å²) in [5.74, 6) is 0.400. The third kappa shape index (κ3) is 7.68. The largest absolute Gasteiger partial charge is 0.469 e. The van der Waals surface area contributed by atoms with Crippen molar-refractivity contribution in [1.29, 1.82) is 5.26 Å². The Labute approximate surface area is 284 Å². The predicted octanol–water partition coefficient (Wildman–Crippen LogP) is 5.37. The Hall–Kier alpha value is -3.55. The molecule has 0 N–H and O–H groups in total. The highest BCUT2D eigenvalue weighted by Gasteiger charge is 2.52. The zero-order valence-corrected chi connectivity index (χ0v) is 29.0. The van der Waals surface area contributed by atoms with E-state index in [0.29, 0.717) is 36.6 Å². The maximum Gasteiger partial charge on any atom is 0.305 e. The fourth-order valence-electron chi connectivity index (χ4n) is 8.93. The topological polar surface area (TPSA) is 80.1 Å². The number of likely N-dealkylation sites (N-methyl/N-ethyl adjacent to an activating group) is 1. The first-order chi connectivity index (χ1) is 23.1. The molecular formula is C38H51F2N5O3. The number of benzene rings is 2. The lowest BCUT2D eigenvalue weighted by molar-refractivity contribution is -0.142. The second-order valence-electron chi connectivity index (χ2n) is 14.4. The first-order valence-electron chi connectivity index (χ1n) is 17.4. The molecule has 260 valence electrons. The van der Waals surface area contributed by atoms with Gasteiger partial charge in [-0.15, -0.1) is 0 Å². The number of alkyl halides is 1. The van der Waals surface area contributed by atoms with Crippen LogP contribution in [0.3, 0.4) is 0 Å². The van der Waals surface area contributed by atoms with Crippen LogP contribution in [-0.2, 0) is 14.9 Å². The van der Waals surface area contributed by atoms with E-state index in [1.54, 1.807) is 32.3 Å². The molecule has 48 heavy (non-hydrogen) atoms. The number of ether oxygens (including phenoxy) is 1. The van der Waals surface area contributed by atoms with E-state index in [2.05, 4.69) is 26.8 Å². The molecule has 0 aromatic heterocycles. The summed E-state index contributed by atoms with van der Waals surface area (Å²) in [4.78, 5) is 33.6. The van der Waals surface area contributed by atoms with Crippen LogP contribution in [-0.4, -0.2) is 107 Å². The average Bonchev–Trinajstić information content (AvgIpc) is 3.53. The number of anilines is 1. The van der Waals surface area contributed by atoms with Gasteiger partial charge in [-0.2, -0.15) is 5.26 Å². The van der Waals surface area contributed by atoms with Crippen LogP contribution in [0.15, 0.2) is 42.5 Å². The molecule has 0 bridgehead atoms. The number of halogens is 2. The number of amides is 1. The fourth-order valence-corrected chi connectivity index (χ4v) is 8.93. The number of nitriles is 1. The van der Waals surface area contributed by atoms with E-state index in [0.717, 1.165) is 76.1 Å². The van der Waals surface area contributed by atoms with Crippen molar-refractivity contribution >= 4 is 17.6 Å². The third-order valence-corrected chi connectivity index (χ3v) is 11.3. The monoisotopic (exact) mass is 663 g/mol. The smallest absolute Gasteiger partial charge is 0.305 e. The van der Waals surface area contributed by atoms with Gasteiger partial charge in [-0.3, -0.25) is 9.59 Å². The molecule has 8 nitrogen and oxygen atoms in total. The highest BCUT2D eigenvalue weighted by Crippen LogP contribution is 2.54. The molecular weight excluding hydrogens is 612 g/mol. The Morgan fingerprint density at radius 3 is 2.46 bits per heavy atom. The van der Waals surface area contributed by atoms with Crippen LogP contribution in [0.1, 0.15) is 60.0 Å². The Morgan fingerprint density at radius 2 is 1.81 bits per heavy atom. The number of rotatable bonds is 13.